The lowest BCUT2D eigenvalue weighted by atomic mass is 9.82. The molecule has 1 aromatic rings. The number of carbonyl (C=O) groups excluding carboxylic acids is 3. The maximum Gasteiger partial charge on any atom is 0.344 e. The number of rotatable bonds is 4. The molecule has 0 aromatic heterocycles. The Morgan fingerprint density at radius 2 is 1.87 bits per heavy atom. The fraction of sp³-hybridized carbons (Fsp3) is 0.438. The first-order valence-corrected chi connectivity index (χ1v) is 7.75. The molecule has 0 radical (unpaired) electrons. The quantitative estimate of drug-likeness (QED) is 0.821. The molecule has 0 unspecified atom stereocenters. The van der Waals surface area contributed by atoms with Crippen LogP contribution in [0, 0.1) is 0 Å². The zero-order valence-corrected chi connectivity index (χ0v) is 12.7. The Morgan fingerprint density at radius 1 is 1.17 bits per heavy atom. The van der Waals surface area contributed by atoms with Gasteiger partial charge in [0, 0.05) is 0 Å². The molecule has 1 aliphatic heterocycles. The fourth-order valence-electron chi connectivity index (χ4n) is 3.04. The third-order valence-corrected chi connectivity index (χ3v) is 4.22. The van der Waals surface area contributed by atoms with Crippen LogP contribution in [0.1, 0.15) is 32.1 Å². The second-order valence-electron chi connectivity index (χ2n) is 5.85. The van der Waals surface area contributed by atoms with Crippen LogP contribution >= 0.6 is 0 Å². The highest BCUT2D eigenvalue weighted by Crippen LogP contribution is 2.32. The smallest absolute Gasteiger partial charge is 0.344 e. The summed E-state index contributed by atoms with van der Waals surface area (Å²) in [5, 5.41) is 3.51. The van der Waals surface area contributed by atoms with E-state index in [1.165, 1.54) is 0 Å². The van der Waals surface area contributed by atoms with Crippen molar-refractivity contribution >= 4 is 17.8 Å². The Balaban J connectivity index is 1.58. The lowest BCUT2D eigenvalue weighted by Crippen LogP contribution is -2.51. The summed E-state index contributed by atoms with van der Waals surface area (Å²) in [5.41, 5.74) is 1.48. The van der Waals surface area contributed by atoms with Gasteiger partial charge < -0.3 is 10.1 Å². The maximum absolute atomic E-state index is 12.5. The van der Waals surface area contributed by atoms with Crippen LogP contribution < -0.4 is 15.5 Å². The molecule has 7 heteroatoms. The largest absolute Gasteiger partial charge is 0.484 e. The molecule has 4 amide bonds. The molecule has 1 heterocycles. The number of benzene rings is 1. The fourth-order valence-corrected chi connectivity index (χ4v) is 3.04. The highest BCUT2D eigenvalue weighted by Gasteiger charge is 2.52. The van der Waals surface area contributed by atoms with Gasteiger partial charge >= 0.3 is 6.03 Å². The number of carbonyl (C=O) groups is 3. The van der Waals surface area contributed by atoms with E-state index in [1.807, 2.05) is 6.07 Å². The number of nitrogens with one attached hydrogen (secondary N) is 2. The molecule has 0 atom stereocenters. The van der Waals surface area contributed by atoms with E-state index in [-0.39, 0.29) is 12.5 Å². The molecule has 1 aromatic carbocycles. The molecule has 2 N–H and O–H groups in total. The second-order valence-corrected chi connectivity index (χ2v) is 5.85. The number of para-hydroxylation sites is 1. The minimum absolute atomic E-state index is 0.270. The predicted octanol–water partition coefficient (Wildman–Crippen LogP) is 1.35. The van der Waals surface area contributed by atoms with E-state index in [0.717, 1.165) is 24.3 Å². The van der Waals surface area contributed by atoms with Gasteiger partial charge in [0.05, 0.1) is 0 Å². The van der Waals surface area contributed by atoms with Crippen molar-refractivity contribution in [2.75, 3.05) is 6.61 Å². The zero-order chi connectivity index (χ0) is 16.3. The van der Waals surface area contributed by atoms with Gasteiger partial charge in [0.1, 0.15) is 11.3 Å². The van der Waals surface area contributed by atoms with Crippen LogP contribution in [0.15, 0.2) is 30.3 Å². The SMILES string of the molecule is O=C(COc1ccccc1)NN1C(=O)NC2(CCCCC2)C1=O. The maximum atomic E-state index is 12.5. The van der Waals surface area contributed by atoms with Crippen molar-refractivity contribution in [3.05, 3.63) is 30.3 Å². The van der Waals surface area contributed by atoms with Crippen molar-refractivity contribution < 1.29 is 19.1 Å². The summed E-state index contributed by atoms with van der Waals surface area (Å²) in [7, 11) is 0. The van der Waals surface area contributed by atoms with Crippen molar-refractivity contribution in [2.45, 2.75) is 37.6 Å². The average Bonchev–Trinajstić information content (AvgIpc) is 2.79. The summed E-state index contributed by atoms with van der Waals surface area (Å²) in [5.74, 6) is -0.385. The lowest BCUT2D eigenvalue weighted by Gasteiger charge is -2.30. The van der Waals surface area contributed by atoms with E-state index in [2.05, 4.69) is 10.7 Å². The Hall–Kier alpha value is -2.57. The molecule has 3 rings (SSSR count). The molecule has 7 nitrogen and oxygen atoms in total. The van der Waals surface area contributed by atoms with E-state index < -0.39 is 17.5 Å². The summed E-state index contributed by atoms with van der Waals surface area (Å²) in [6, 6.07) is 8.28. The normalized spacial score (nSPS) is 19.6. The number of nitrogens with zero attached hydrogens (tertiary/aromatic N) is 1. The third-order valence-electron chi connectivity index (χ3n) is 4.22. The van der Waals surface area contributed by atoms with Crippen LogP contribution in [0.25, 0.3) is 0 Å². The molecule has 23 heavy (non-hydrogen) atoms. The molecular weight excluding hydrogens is 298 g/mol. The summed E-state index contributed by atoms with van der Waals surface area (Å²) < 4.78 is 5.30. The minimum Gasteiger partial charge on any atom is -0.484 e. The number of amides is 4. The van der Waals surface area contributed by atoms with Crippen molar-refractivity contribution in [3.63, 3.8) is 0 Å². The van der Waals surface area contributed by atoms with Gasteiger partial charge in [0.15, 0.2) is 6.61 Å². The number of hydrogen-bond acceptors (Lipinski definition) is 4. The van der Waals surface area contributed by atoms with Crippen molar-refractivity contribution in [3.8, 4) is 5.75 Å². The Bertz CT molecular complexity index is 611. The first kappa shape index (κ1) is 15.3. The standard InChI is InChI=1S/C16H19N3O4/c20-13(11-23-12-7-3-1-4-8-12)18-19-14(21)16(17-15(19)22)9-5-2-6-10-16/h1,3-4,7-8H,2,5-6,9-11H2,(H,17,22)(H,18,20). The molecule has 1 saturated heterocycles. The molecule has 1 aliphatic carbocycles. The minimum atomic E-state index is -0.844. The van der Waals surface area contributed by atoms with Crippen LogP contribution in [-0.4, -0.2) is 35.0 Å². The van der Waals surface area contributed by atoms with Gasteiger partial charge in [-0.05, 0) is 25.0 Å². The zero-order valence-electron chi connectivity index (χ0n) is 12.7. The van der Waals surface area contributed by atoms with Gasteiger partial charge in [0.2, 0.25) is 0 Å². The summed E-state index contributed by atoms with van der Waals surface area (Å²) in [6.07, 6.45) is 4.08. The van der Waals surface area contributed by atoms with Crippen LogP contribution in [0.2, 0.25) is 0 Å². The monoisotopic (exact) mass is 317 g/mol. The molecule has 1 spiro atoms. The Kier molecular flexibility index (Phi) is 4.18. The summed E-state index contributed by atoms with van der Waals surface area (Å²) in [6.45, 7) is -0.270. The average molecular weight is 317 g/mol. The first-order chi connectivity index (χ1) is 11.1. The number of hydrazine groups is 1. The second kappa shape index (κ2) is 6.28. The van der Waals surface area contributed by atoms with Crippen LogP contribution in [0.4, 0.5) is 4.79 Å². The highest BCUT2D eigenvalue weighted by atomic mass is 16.5. The van der Waals surface area contributed by atoms with Crippen LogP contribution in [0.5, 0.6) is 5.75 Å². The van der Waals surface area contributed by atoms with E-state index in [9.17, 15) is 14.4 Å². The van der Waals surface area contributed by atoms with Gasteiger partial charge in [-0.15, -0.1) is 0 Å². The molecule has 2 aliphatic rings. The molecule has 1 saturated carbocycles. The number of imide groups is 1. The Morgan fingerprint density at radius 3 is 2.57 bits per heavy atom. The van der Waals surface area contributed by atoms with Gasteiger partial charge in [-0.3, -0.25) is 15.0 Å². The number of ether oxygens (including phenoxy) is 1. The van der Waals surface area contributed by atoms with Crippen molar-refractivity contribution in [1.82, 2.24) is 15.8 Å². The van der Waals surface area contributed by atoms with Gasteiger partial charge in [-0.1, -0.05) is 37.5 Å². The van der Waals surface area contributed by atoms with Crippen LogP contribution in [-0.2, 0) is 9.59 Å². The van der Waals surface area contributed by atoms with E-state index in [4.69, 9.17) is 4.74 Å². The molecule has 0 bridgehead atoms. The Labute approximate surface area is 133 Å². The van der Waals surface area contributed by atoms with E-state index in [0.29, 0.717) is 18.6 Å². The molecule has 122 valence electrons. The van der Waals surface area contributed by atoms with Crippen molar-refractivity contribution in [2.24, 2.45) is 0 Å². The first-order valence-electron chi connectivity index (χ1n) is 7.75. The lowest BCUT2D eigenvalue weighted by molar-refractivity contribution is -0.140. The molecule has 2 fully saturated rings. The van der Waals surface area contributed by atoms with Crippen molar-refractivity contribution in [1.29, 1.82) is 0 Å². The van der Waals surface area contributed by atoms with Gasteiger partial charge in [0.25, 0.3) is 11.8 Å². The van der Waals surface area contributed by atoms with E-state index in [1.54, 1.807) is 24.3 Å². The summed E-state index contributed by atoms with van der Waals surface area (Å²) >= 11 is 0. The van der Waals surface area contributed by atoms with Crippen LogP contribution in [0.3, 0.4) is 0 Å². The topological polar surface area (TPSA) is 87.7 Å². The number of urea groups is 1. The van der Waals surface area contributed by atoms with Gasteiger partial charge in [-0.2, -0.15) is 5.01 Å². The third kappa shape index (κ3) is 3.13. The summed E-state index contributed by atoms with van der Waals surface area (Å²) in [4.78, 5) is 36.4. The van der Waals surface area contributed by atoms with E-state index >= 15 is 0 Å². The molecular formula is C16H19N3O4. The van der Waals surface area contributed by atoms with Gasteiger partial charge in [-0.25, -0.2) is 4.79 Å². The highest BCUT2D eigenvalue weighted by molar-refractivity contribution is 6.08. The number of hydrogen-bond donors (Lipinski definition) is 2. The predicted molar refractivity (Wildman–Crippen MR) is 81.3 cm³/mol.